The summed E-state index contributed by atoms with van der Waals surface area (Å²) in [6.45, 7) is 3.93. The van der Waals surface area contributed by atoms with Crippen molar-refractivity contribution in [3.63, 3.8) is 0 Å². The highest BCUT2D eigenvalue weighted by Gasteiger charge is 2.27. The Morgan fingerprint density at radius 2 is 1.86 bits per heavy atom. The summed E-state index contributed by atoms with van der Waals surface area (Å²) in [6, 6.07) is 0.219. The van der Waals surface area contributed by atoms with Gasteiger partial charge in [0.25, 0.3) is 0 Å². The predicted molar refractivity (Wildman–Crippen MR) is 82.5 cm³/mol. The number of carbonyl (C=O) groups is 1. The van der Waals surface area contributed by atoms with Crippen LogP contribution >= 0.6 is 0 Å². The summed E-state index contributed by atoms with van der Waals surface area (Å²) in [6.07, 6.45) is 6.33. The number of nitrogens with zero attached hydrogens (tertiary/aromatic N) is 1. The number of amides is 2. The van der Waals surface area contributed by atoms with E-state index in [2.05, 4.69) is 17.6 Å². The van der Waals surface area contributed by atoms with Crippen LogP contribution in [0.25, 0.3) is 0 Å². The third-order valence-electron chi connectivity index (χ3n) is 4.77. The Kier molecular flexibility index (Phi) is 5.48. The first-order valence-corrected chi connectivity index (χ1v) is 9.70. The van der Waals surface area contributed by atoms with Crippen molar-refractivity contribution in [1.82, 2.24) is 14.9 Å². The Hall–Kier alpha value is -0.820. The fraction of sp³-hybridized carbons (Fsp3) is 0.929. The van der Waals surface area contributed by atoms with Crippen LogP contribution in [0.5, 0.6) is 0 Å². The van der Waals surface area contributed by atoms with Gasteiger partial charge in [-0.05, 0) is 37.5 Å². The summed E-state index contributed by atoms with van der Waals surface area (Å²) in [5.41, 5.74) is 0. The maximum atomic E-state index is 11.9. The number of urea groups is 1. The smallest absolute Gasteiger partial charge is 0.315 e. The van der Waals surface area contributed by atoms with Gasteiger partial charge in [0.15, 0.2) is 0 Å². The minimum atomic E-state index is -3.07. The van der Waals surface area contributed by atoms with Crippen LogP contribution < -0.4 is 10.6 Å². The molecule has 2 N–H and O–H groups in total. The lowest BCUT2D eigenvalue weighted by atomic mass is 9.98. The maximum absolute atomic E-state index is 11.9. The predicted octanol–water partition coefficient (Wildman–Crippen LogP) is 1.15. The molecule has 0 bridgehead atoms. The second kappa shape index (κ2) is 6.96. The number of nitrogens with one attached hydrogen (secondary N) is 2. The zero-order valence-corrected chi connectivity index (χ0v) is 13.8. The molecule has 1 aliphatic heterocycles. The van der Waals surface area contributed by atoms with Crippen LogP contribution in [-0.2, 0) is 10.0 Å². The number of rotatable bonds is 4. The second-order valence-corrected chi connectivity index (χ2v) is 8.46. The van der Waals surface area contributed by atoms with Crippen molar-refractivity contribution in [3.8, 4) is 0 Å². The van der Waals surface area contributed by atoms with Crippen LogP contribution in [0.4, 0.5) is 4.79 Å². The number of sulfonamides is 1. The molecule has 1 aliphatic carbocycles. The molecule has 1 saturated carbocycles. The lowest BCUT2D eigenvalue weighted by Crippen LogP contribution is -2.46. The second-order valence-electron chi connectivity index (χ2n) is 6.47. The first-order valence-electron chi connectivity index (χ1n) is 7.85. The monoisotopic (exact) mass is 317 g/mol. The van der Waals surface area contributed by atoms with E-state index in [-0.39, 0.29) is 6.03 Å². The molecule has 2 fully saturated rings. The maximum Gasteiger partial charge on any atom is 0.315 e. The molecule has 2 atom stereocenters. The standard InChI is InChI=1S/C14H27N3O3S/c1-11-4-3-5-13(11)16-14(18)15-10-12-6-8-17(9-7-12)21(2,19)20/h11-13H,3-10H2,1-2H3,(H2,15,16,18)/t11-,13-/m1/s1. The molecule has 6 nitrogen and oxygen atoms in total. The Balaban J connectivity index is 1.66. The summed E-state index contributed by atoms with van der Waals surface area (Å²) < 4.78 is 24.4. The third-order valence-corrected chi connectivity index (χ3v) is 6.07. The Labute approximate surface area is 127 Å². The largest absolute Gasteiger partial charge is 0.338 e. The van der Waals surface area contributed by atoms with Gasteiger partial charge in [0, 0.05) is 25.7 Å². The first-order chi connectivity index (χ1) is 9.86. The van der Waals surface area contributed by atoms with E-state index in [9.17, 15) is 13.2 Å². The zero-order valence-electron chi connectivity index (χ0n) is 13.0. The third kappa shape index (κ3) is 4.85. The molecule has 1 saturated heterocycles. The average molecular weight is 317 g/mol. The van der Waals surface area contributed by atoms with Gasteiger partial charge in [0.1, 0.15) is 0 Å². The van der Waals surface area contributed by atoms with Crippen LogP contribution in [0.3, 0.4) is 0 Å². The number of hydrogen-bond donors (Lipinski definition) is 2. The van der Waals surface area contributed by atoms with E-state index < -0.39 is 10.0 Å². The topological polar surface area (TPSA) is 78.5 Å². The van der Waals surface area contributed by atoms with Crippen LogP contribution in [0, 0.1) is 11.8 Å². The van der Waals surface area contributed by atoms with Gasteiger partial charge < -0.3 is 10.6 Å². The van der Waals surface area contributed by atoms with Crippen LogP contribution in [0.15, 0.2) is 0 Å². The lowest BCUT2D eigenvalue weighted by molar-refractivity contribution is 0.225. The van der Waals surface area contributed by atoms with E-state index in [0.717, 1.165) is 19.3 Å². The summed E-state index contributed by atoms with van der Waals surface area (Å²) >= 11 is 0. The summed E-state index contributed by atoms with van der Waals surface area (Å²) in [4.78, 5) is 11.9. The van der Waals surface area contributed by atoms with Crippen LogP contribution in [0.1, 0.15) is 39.0 Å². The minimum absolute atomic E-state index is 0.0840. The Morgan fingerprint density at radius 1 is 1.19 bits per heavy atom. The molecule has 2 amide bonds. The number of carbonyl (C=O) groups excluding carboxylic acids is 1. The van der Waals surface area contributed by atoms with E-state index in [1.807, 2.05) is 0 Å². The van der Waals surface area contributed by atoms with Gasteiger partial charge in [-0.3, -0.25) is 0 Å². The van der Waals surface area contributed by atoms with Crippen molar-refractivity contribution in [3.05, 3.63) is 0 Å². The van der Waals surface area contributed by atoms with Gasteiger partial charge in [-0.2, -0.15) is 0 Å². The molecule has 122 valence electrons. The number of hydrogen-bond acceptors (Lipinski definition) is 3. The molecular weight excluding hydrogens is 290 g/mol. The molecule has 7 heteroatoms. The van der Waals surface area contributed by atoms with Gasteiger partial charge in [-0.25, -0.2) is 17.5 Å². The highest BCUT2D eigenvalue weighted by Crippen LogP contribution is 2.24. The van der Waals surface area contributed by atoms with E-state index >= 15 is 0 Å². The van der Waals surface area contributed by atoms with E-state index in [1.54, 1.807) is 0 Å². The Bertz CT molecular complexity index is 458. The molecular formula is C14H27N3O3S. The van der Waals surface area contributed by atoms with E-state index in [0.29, 0.717) is 37.5 Å². The van der Waals surface area contributed by atoms with Gasteiger partial charge >= 0.3 is 6.03 Å². The van der Waals surface area contributed by atoms with Crippen molar-refractivity contribution in [2.75, 3.05) is 25.9 Å². The lowest BCUT2D eigenvalue weighted by Gasteiger charge is -2.30. The SMILES string of the molecule is C[C@@H]1CCC[C@H]1NC(=O)NCC1CCN(S(C)(=O)=O)CC1. The first kappa shape index (κ1) is 16.5. The van der Waals surface area contributed by atoms with Crippen LogP contribution in [0.2, 0.25) is 0 Å². The minimum Gasteiger partial charge on any atom is -0.338 e. The molecule has 0 radical (unpaired) electrons. The summed E-state index contributed by atoms with van der Waals surface area (Å²) in [7, 11) is -3.07. The van der Waals surface area contributed by atoms with Crippen molar-refractivity contribution in [2.45, 2.75) is 45.1 Å². The van der Waals surface area contributed by atoms with Gasteiger partial charge in [-0.1, -0.05) is 13.3 Å². The molecule has 0 aromatic rings. The highest BCUT2D eigenvalue weighted by atomic mass is 32.2. The highest BCUT2D eigenvalue weighted by molar-refractivity contribution is 7.88. The van der Waals surface area contributed by atoms with Gasteiger partial charge in [-0.15, -0.1) is 0 Å². The zero-order chi connectivity index (χ0) is 15.5. The fourth-order valence-corrected chi connectivity index (χ4v) is 4.14. The van der Waals surface area contributed by atoms with Gasteiger partial charge in [0.2, 0.25) is 10.0 Å². The average Bonchev–Trinajstić information content (AvgIpc) is 2.81. The number of piperidine rings is 1. The van der Waals surface area contributed by atoms with E-state index in [1.165, 1.54) is 23.4 Å². The molecule has 0 aromatic carbocycles. The van der Waals surface area contributed by atoms with Crippen molar-refractivity contribution in [1.29, 1.82) is 0 Å². The van der Waals surface area contributed by atoms with Crippen molar-refractivity contribution in [2.24, 2.45) is 11.8 Å². The molecule has 21 heavy (non-hydrogen) atoms. The molecule has 0 unspecified atom stereocenters. The summed E-state index contributed by atoms with van der Waals surface area (Å²) in [5, 5.41) is 5.98. The quantitative estimate of drug-likeness (QED) is 0.816. The van der Waals surface area contributed by atoms with Crippen molar-refractivity contribution >= 4 is 16.1 Å². The molecule has 0 spiro atoms. The normalized spacial score (nSPS) is 28.5. The molecule has 1 heterocycles. The summed E-state index contributed by atoms with van der Waals surface area (Å²) in [5.74, 6) is 0.934. The fourth-order valence-electron chi connectivity index (χ4n) is 3.26. The van der Waals surface area contributed by atoms with Crippen molar-refractivity contribution < 1.29 is 13.2 Å². The van der Waals surface area contributed by atoms with Crippen LogP contribution in [-0.4, -0.2) is 50.7 Å². The molecule has 2 aliphatic rings. The van der Waals surface area contributed by atoms with Gasteiger partial charge in [0.05, 0.1) is 6.26 Å². The Morgan fingerprint density at radius 3 is 2.38 bits per heavy atom. The van der Waals surface area contributed by atoms with E-state index in [4.69, 9.17) is 0 Å². The molecule has 0 aromatic heterocycles. The molecule has 2 rings (SSSR count).